The van der Waals surface area contributed by atoms with Gasteiger partial charge >= 0.3 is 0 Å². The van der Waals surface area contributed by atoms with Crippen LogP contribution < -0.4 is 10.6 Å². The van der Waals surface area contributed by atoms with Gasteiger partial charge in [0.1, 0.15) is 11.5 Å². The van der Waals surface area contributed by atoms with E-state index in [-0.39, 0.29) is 60.2 Å². The number of Topliss-reactive ketones (excluding diaryl/α,β-unsaturated/α-hetero) is 4. The predicted molar refractivity (Wildman–Crippen MR) is 177 cm³/mol. The van der Waals surface area contributed by atoms with Gasteiger partial charge < -0.3 is 10.6 Å². The second-order valence-corrected chi connectivity index (χ2v) is 15.3. The molecule has 3 aliphatic carbocycles. The lowest BCUT2D eigenvalue weighted by atomic mass is 9.74. The van der Waals surface area contributed by atoms with Crippen molar-refractivity contribution in [3.63, 3.8) is 0 Å². The average molecular weight is 651 g/mol. The van der Waals surface area contributed by atoms with Crippen molar-refractivity contribution in [3.8, 4) is 0 Å². The highest BCUT2D eigenvalue weighted by molar-refractivity contribution is 6.38. The lowest BCUT2D eigenvalue weighted by Gasteiger charge is -2.34. The first-order valence-corrected chi connectivity index (χ1v) is 17.9. The Balaban J connectivity index is 1.43. The van der Waals surface area contributed by atoms with Gasteiger partial charge in [-0.1, -0.05) is 59.8 Å². The summed E-state index contributed by atoms with van der Waals surface area (Å²) in [5, 5.41) is 6.06. The Kier molecular flexibility index (Phi) is 13.0. The van der Waals surface area contributed by atoms with Crippen LogP contribution in [0.2, 0.25) is 0 Å². The molecule has 3 fully saturated rings. The molecule has 0 radical (unpaired) electrons. The lowest BCUT2D eigenvalue weighted by Crippen LogP contribution is -2.50. The van der Waals surface area contributed by atoms with E-state index in [0.717, 1.165) is 51.4 Å². The molecule has 3 aliphatic rings. The highest BCUT2D eigenvalue weighted by Crippen LogP contribution is 2.36. The Morgan fingerprint density at radius 3 is 2.23 bits per heavy atom. The zero-order valence-electron chi connectivity index (χ0n) is 28.7. The van der Waals surface area contributed by atoms with Crippen LogP contribution in [-0.2, 0) is 24.0 Å². The smallest absolute Gasteiger partial charge is 0.272 e. The zero-order valence-corrected chi connectivity index (χ0v) is 28.7. The van der Waals surface area contributed by atoms with Gasteiger partial charge in [-0.15, -0.1) is 0 Å². The maximum Gasteiger partial charge on any atom is 0.272 e. The third kappa shape index (κ3) is 10.3. The molecule has 2 amide bonds. The first-order chi connectivity index (χ1) is 22.4. The van der Waals surface area contributed by atoms with E-state index >= 15 is 0 Å². The molecule has 3 saturated carbocycles. The first-order valence-electron chi connectivity index (χ1n) is 17.9. The topological polar surface area (TPSA) is 152 Å². The van der Waals surface area contributed by atoms with Crippen LogP contribution in [0.4, 0.5) is 0 Å². The van der Waals surface area contributed by atoms with Crippen molar-refractivity contribution in [3.05, 3.63) is 24.3 Å². The summed E-state index contributed by atoms with van der Waals surface area (Å²) in [7, 11) is 0. The Bertz CT molecular complexity index is 1280. The summed E-state index contributed by atoms with van der Waals surface area (Å²) < 4.78 is 0. The van der Waals surface area contributed by atoms with Crippen LogP contribution in [0.1, 0.15) is 134 Å². The minimum absolute atomic E-state index is 0.0210. The molecule has 4 rings (SSSR count). The van der Waals surface area contributed by atoms with Gasteiger partial charge in [-0.2, -0.15) is 0 Å². The van der Waals surface area contributed by atoms with Crippen molar-refractivity contribution in [2.75, 3.05) is 0 Å². The number of carbonyl (C=O) groups is 6. The van der Waals surface area contributed by atoms with Crippen LogP contribution in [-0.4, -0.2) is 57.0 Å². The van der Waals surface area contributed by atoms with E-state index in [9.17, 15) is 28.8 Å². The van der Waals surface area contributed by atoms with Crippen molar-refractivity contribution < 1.29 is 28.8 Å². The van der Waals surface area contributed by atoms with E-state index in [1.165, 1.54) is 18.6 Å². The van der Waals surface area contributed by atoms with E-state index in [4.69, 9.17) is 0 Å². The van der Waals surface area contributed by atoms with Crippen molar-refractivity contribution in [1.29, 1.82) is 0 Å². The minimum atomic E-state index is -0.737. The Morgan fingerprint density at radius 1 is 0.894 bits per heavy atom. The average Bonchev–Trinajstić information content (AvgIpc) is 3.75. The number of rotatable bonds is 17. The Labute approximate surface area is 279 Å². The summed E-state index contributed by atoms with van der Waals surface area (Å²) >= 11 is 0. The lowest BCUT2D eigenvalue weighted by molar-refractivity contribution is -0.140. The molecule has 10 heteroatoms. The summed E-state index contributed by atoms with van der Waals surface area (Å²) in [5.74, 6) is -3.19. The second-order valence-electron chi connectivity index (χ2n) is 15.3. The number of hydrogen-bond acceptors (Lipinski definition) is 8. The van der Waals surface area contributed by atoms with Crippen LogP contribution in [0.25, 0.3) is 0 Å². The maximum atomic E-state index is 14.0. The summed E-state index contributed by atoms with van der Waals surface area (Å²) in [6, 6.07) is -1.13. The molecule has 1 aromatic heterocycles. The van der Waals surface area contributed by atoms with E-state index in [0.29, 0.717) is 31.6 Å². The standard InChI is InChI=1S/C37H54N4O6/c1-5-10-25(34(45)32(44)19-23-15-16-23)20-30(42)26-13-9-14-28(26)40-35(46)27(37(2,3)4)21-31(43)33(24-11-7-6-8-12-24)41-36(47)29-22-38-17-18-39-29/h17-18,22-28,33H,5-16,19-21H2,1-4H3,(H,40,46)(H,41,47)/t25-,26-,27-,28+,33+/m1/s1. The van der Waals surface area contributed by atoms with E-state index in [1.54, 1.807) is 0 Å². The molecule has 1 heterocycles. The number of nitrogens with one attached hydrogen (secondary N) is 2. The molecule has 258 valence electrons. The number of nitrogens with zero attached hydrogens (tertiary/aromatic N) is 2. The van der Waals surface area contributed by atoms with Crippen molar-refractivity contribution >= 4 is 34.9 Å². The largest absolute Gasteiger partial charge is 0.352 e. The van der Waals surface area contributed by atoms with Crippen LogP contribution in [0, 0.1) is 35.0 Å². The van der Waals surface area contributed by atoms with Gasteiger partial charge in [-0.25, -0.2) is 4.98 Å². The van der Waals surface area contributed by atoms with Crippen LogP contribution in [0.5, 0.6) is 0 Å². The van der Waals surface area contributed by atoms with Gasteiger partial charge in [0.2, 0.25) is 11.7 Å². The molecular weight excluding hydrogens is 596 g/mol. The van der Waals surface area contributed by atoms with Gasteiger partial charge in [-0.3, -0.25) is 33.8 Å². The third-order valence-electron chi connectivity index (χ3n) is 10.5. The summed E-state index contributed by atoms with van der Waals surface area (Å²) in [5.41, 5.74) is -0.428. The van der Waals surface area contributed by atoms with Crippen LogP contribution in [0.3, 0.4) is 0 Å². The molecule has 0 aliphatic heterocycles. The van der Waals surface area contributed by atoms with Crippen molar-refractivity contribution in [2.45, 2.75) is 136 Å². The van der Waals surface area contributed by atoms with Crippen LogP contribution >= 0.6 is 0 Å². The molecule has 47 heavy (non-hydrogen) atoms. The Hall–Kier alpha value is -3.30. The van der Waals surface area contributed by atoms with E-state index in [2.05, 4.69) is 20.6 Å². The molecule has 10 nitrogen and oxygen atoms in total. The molecule has 0 aromatic carbocycles. The number of ketones is 4. The van der Waals surface area contributed by atoms with Gasteiger partial charge in [0.15, 0.2) is 11.6 Å². The second kappa shape index (κ2) is 16.7. The first kappa shape index (κ1) is 36.5. The highest BCUT2D eigenvalue weighted by atomic mass is 16.2. The number of amides is 2. The SMILES string of the molecule is CCC[C@H](CC(=O)[C@@H]1CCC[C@@H]1NC(=O)[C@@H](CC(=O)[C@@H](NC(=O)c1cnccn1)C1CCCCC1)C(C)(C)C)C(=O)C(=O)CC1CC1. The van der Waals surface area contributed by atoms with Crippen molar-refractivity contribution in [2.24, 2.45) is 35.0 Å². The number of hydrogen-bond donors (Lipinski definition) is 2. The Morgan fingerprint density at radius 2 is 1.62 bits per heavy atom. The number of carbonyl (C=O) groups excluding carboxylic acids is 6. The van der Waals surface area contributed by atoms with Gasteiger partial charge in [0, 0.05) is 55.5 Å². The molecule has 1 aromatic rings. The quantitative estimate of drug-likeness (QED) is 0.213. The van der Waals surface area contributed by atoms with Crippen LogP contribution in [0.15, 0.2) is 18.6 Å². The summed E-state index contributed by atoms with van der Waals surface area (Å²) in [6.07, 6.45) is 14.4. The molecule has 0 bridgehead atoms. The normalized spacial score (nSPS) is 22.1. The molecule has 0 spiro atoms. The van der Waals surface area contributed by atoms with E-state index < -0.39 is 40.9 Å². The fourth-order valence-electron chi connectivity index (χ4n) is 7.46. The predicted octanol–water partition coefficient (Wildman–Crippen LogP) is 5.38. The fraction of sp³-hybridized carbons (Fsp3) is 0.730. The fourth-order valence-corrected chi connectivity index (χ4v) is 7.46. The molecule has 5 atom stereocenters. The highest BCUT2D eigenvalue weighted by Gasteiger charge is 2.42. The van der Waals surface area contributed by atoms with Gasteiger partial charge in [0.25, 0.3) is 5.91 Å². The monoisotopic (exact) mass is 650 g/mol. The zero-order chi connectivity index (χ0) is 34.1. The summed E-state index contributed by atoms with van der Waals surface area (Å²) in [4.78, 5) is 88.3. The third-order valence-corrected chi connectivity index (χ3v) is 10.5. The molecule has 0 unspecified atom stereocenters. The van der Waals surface area contributed by atoms with E-state index in [1.807, 2.05) is 27.7 Å². The van der Waals surface area contributed by atoms with Gasteiger partial charge in [0.05, 0.1) is 12.2 Å². The van der Waals surface area contributed by atoms with Gasteiger partial charge in [-0.05, 0) is 62.2 Å². The minimum Gasteiger partial charge on any atom is -0.352 e. The van der Waals surface area contributed by atoms with Crippen molar-refractivity contribution in [1.82, 2.24) is 20.6 Å². The summed E-state index contributed by atoms with van der Waals surface area (Å²) in [6.45, 7) is 7.72. The maximum absolute atomic E-state index is 14.0. The molecule has 2 N–H and O–H groups in total. The molecular formula is C37H54N4O6. The molecule has 0 saturated heterocycles. The number of aromatic nitrogens is 2.